The van der Waals surface area contributed by atoms with Gasteiger partial charge in [-0.2, -0.15) is 0 Å². The predicted molar refractivity (Wildman–Crippen MR) is 159 cm³/mol. The molecule has 3 heterocycles. The maximum absolute atomic E-state index is 13.9. The lowest BCUT2D eigenvalue weighted by molar-refractivity contribution is -0.139. The van der Waals surface area contributed by atoms with Crippen molar-refractivity contribution in [2.45, 2.75) is 32.7 Å². The molecular weight excluding hydrogens is 616 g/mol. The van der Waals surface area contributed by atoms with Crippen molar-refractivity contribution in [2.24, 2.45) is 4.99 Å². The van der Waals surface area contributed by atoms with Gasteiger partial charge in [0.05, 0.1) is 40.0 Å². The largest absolute Gasteiger partial charge is 0.496 e. The summed E-state index contributed by atoms with van der Waals surface area (Å²) in [5, 5.41) is 0.606. The summed E-state index contributed by atoms with van der Waals surface area (Å²) in [6.45, 7) is 3.99. The molecule has 0 radical (unpaired) electrons. The average Bonchev–Trinajstić information content (AvgIpc) is 3.52. The Hall–Kier alpha value is -3.40. The molecule has 0 saturated heterocycles. The Labute approximate surface area is 248 Å². The van der Waals surface area contributed by atoms with Gasteiger partial charge >= 0.3 is 5.97 Å². The van der Waals surface area contributed by atoms with Crippen LogP contribution < -0.4 is 19.6 Å². The lowest BCUT2D eigenvalue weighted by Gasteiger charge is -2.26. The summed E-state index contributed by atoms with van der Waals surface area (Å²) in [5.74, 6) is 1.30. The second-order valence-electron chi connectivity index (χ2n) is 9.02. The number of nitrogens with zero attached hydrogens (tertiary/aromatic N) is 2. The first-order chi connectivity index (χ1) is 19.3. The molecule has 0 aliphatic carbocycles. The molecule has 0 bridgehead atoms. The zero-order chi connectivity index (χ0) is 28.4. The van der Waals surface area contributed by atoms with Crippen molar-refractivity contribution < 1.29 is 18.7 Å². The van der Waals surface area contributed by atoms with Crippen LogP contribution in [0.1, 0.15) is 44.1 Å². The molecule has 0 saturated carbocycles. The maximum Gasteiger partial charge on any atom is 0.338 e. The number of carbonyl (C=O) groups is 1. The van der Waals surface area contributed by atoms with Crippen LogP contribution in [-0.2, 0) is 9.53 Å². The molecule has 0 spiro atoms. The van der Waals surface area contributed by atoms with E-state index in [1.807, 2.05) is 43.3 Å². The Bertz CT molecular complexity index is 1800. The lowest BCUT2D eigenvalue weighted by atomic mass is 9.94. The van der Waals surface area contributed by atoms with Crippen LogP contribution in [0.4, 0.5) is 0 Å². The molecule has 0 fully saturated rings. The number of thiazole rings is 1. The van der Waals surface area contributed by atoms with Gasteiger partial charge in [-0.25, -0.2) is 9.79 Å². The minimum absolute atomic E-state index is 0.207. The molecule has 1 unspecified atom stereocenters. The monoisotopic (exact) mass is 640 g/mol. The van der Waals surface area contributed by atoms with Crippen molar-refractivity contribution in [1.29, 1.82) is 0 Å². The van der Waals surface area contributed by atoms with Gasteiger partial charge in [-0.1, -0.05) is 54.5 Å². The second-order valence-corrected chi connectivity index (χ2v) is 11.3. The zero-order valence-electron chi connectivity index (χ0n) is 22.1. The molecular formula is C30H26BrClN2O5S. The number of rotatable bonds is 8. The Morgan fingerprint density at radius 1 is 1.20 bits per heavy atom. The van der Waals surface area contributed by atoms with Crippen LogP contribution in [0.25, 0.3) is 17.4 Å². The minimum atomic E-state index is -0.722. The lowest BCUT2D eigenvalue weighted by Crippen LogP contribution is -2.40. The molecule has 2 aromatic carbocycles. The van der Waals surface area contributed by atoms with Crippen molar-refractivity contribution >= 4 is 50.9 Å². The number of hydrogen-bond acceptors (Lipinski definition) is 7. The molecule has 1 aliphatic heterocycles. The third-order valence-electron chi connectivity index (χ3n) is 6.39. The van der Waals surface area contributed by atoms with Gasteiger partial charge in [0.25, 0.3) is 5.56 Å². The number of methoxy groups -OCH3 is 1. The Morgan fingerprint density at radius 3 is 2.73 bits per heavy atom. The number of hydrogen-bond donors (Lipinski definition) is 0. The van der Waals surface area contributed by atoms with E-state index in [-0.39, 0.29) is 12.2 Å². The Kier molecular flexibility index (Phi) is 8.44. The van der Waals surface area contributed by atoms with Crippen LogP contribution in [0.3, 0.4) is 0 Å². The van der Waals surface area contributed by atoms with E-state index in [0.29, 0.717) is 53.8 Å². The van der Waals surface area contributed by atoms with Gasteiger partial charge < -0.3 is 13.9 Å². The van der Waals surface area contributed by atoms with E-state index in [0.717, 1.165) is 17.5 Å². The van der Waals surface area contributed by atoms with Crippen molar-refractivity contribution in [3.63, 3.8) is 0 Å². The molecule has 0 N–H and O–H groups in total. The molecule has 1 aliphatic rings. The van der Waals surface area contributed by atoms with Gasteiger partial charge in [0.1, 0.15) is 17.3 Å². The first-order valence-corrected chi connectivity index (χ1v) is 14.7. The summed E-state index contributed by atoms with van der Waals surface area (Å²) in [5.41, 5.74) is 2.27. The second kappa shape index (κ2) is 12.0. The zero-order valence-corrected chi connectivity index (χ0v) is 25.2. The van der Waals surface area contributed by atoms with Crippen molar-refractivity contribution in [3.05, 3.63) is 106 Å². The number of aromatic nitrogens is 1. The number of ether oxygens (including phenoxy) is 2. The summed E-state index contributed by atoms with van der Waals surface area (Å²) in [6.07, 6.45) is 3.04. The molecule has 7 nitrogen and oxygen atoms in total. The molecule has 1 atom stereocenters. The highest BCUT2D eigenvalue weighted by Crippen LogP contribution is 2.36. The topological polar surface area (TPSA) is 83.0 Å². The molecule has 5 rings (SSSR count). The summed E-state index contributed by atoms with van der Waals surface area (Å²) in [4.78, 5) is 32.6. The number of fused-ring (bicyclic) bond motifs is 1. The quantitative estimate of drug-likeness (QED) is 0.212. The van der Waals surface area contributed by atoms with E-state index >= 15 is 0 Å². The van der Waals surface area contributed by atoms with Crippen LogP contribution in [0.5, 0.6) is 5.75 Å². The van der Waals surface area contributed by atoms with Crippen molar-refractivity contribution in [3.8, 4) is 17.1 Å². The average molecular weight is 642 g/mol. The van der Waals surface area contributed by atoms with Crippen LogP contribution in [0.2, 0.25) is 5.02 Å². The molecule has 206 valence electrons. The van der Waals surface area contributed by atoms with Gasteiger partial charge in [-0.3, -0.25) is 9.36 Å². The fourth-order valence-corrected chi connectivity index (χ4v) is 6.39. The third kappa shape index (κ3) is 5.46. The Balaban J connectivity index is 1.69. The van der Waals surface area contributed by atoms with Gasteiger partial charge in [0, 0.05) is 16.7 Å². The molecule has 10 heteroatoms. The number of allylic oxidation sites excluding steroid dienone is 1. The summed E-state index contributed by atoms with van der Waals surface area (Å²) in [7, 11) is 1.58. The standard InChI is InChI=1S/C30H26BrClN2O5S/c1-4-7-22-26(29(36)38-5-2)27(18-10-12-24(37-3)21(31)15-18)34-28(35)25(40-30(34)33-22)16-20-11-13-23(39-20)17-8-6-9-19(32)14-17/h6,8-16,27H,4-5,7H2,1-3H3/b25-16-. The predicted octanol–water partition coefficient (Wildman–Crippen LogP) is 6.26. The molecule has 2 aromatic heterocycles. The van der Waals surface area contributed by atoms with Gasteiger partial charge in [-0.05, 0) is 71.2 Å². The molecule has 4 aromatic rings. The van der Waals surface area contributed by atoms with E-state index in [1.165, 1.54) is 11.3 Å². The number of halogens is 2. The normalized spacial score (nSPS) is 15.1. The minimum Gasteiger partial charge on any atom is -0.496 e. The van der Waals surface area contributed by atoms with Crippen LogP contribution in [0.15, 0.2) is 84.5 Å². The highest BCUT2D eigenvalue weighted by molar-refractivity contribution is 9.10. The van der Waals surface area contributed by atoms with E-state index in [1.54, 1.807) is 42.9 Å². The third-order valence-corrected chi connectivity index (χ3v) is 8.23. The highest BCUT2D eigenvalue weighted by atomic mass is 79.9. The Morgan fingerprint density at radius 2 is 2.02 bits per heavy atom. The number of furan rings is 1. The van der Waals surface area contributed by atoms with Crippen LogP contribution >= 0.6 is 38.9 Å². The van der Waals surface area contributed by atoms with Crippen molar-refractivity contribution in [2.75, 3.05) is 13.7 Å². The number of benzene rings is 2. The summed E-state index contributed by atoms with van der Waals surface area (Å²) < 4.78 is 19.6. The maximum atomic E-state index is 13.9. The summed E-state index contributed by atoms with van der Waals surface area (Å²) >= 11 is 10.9. The molecule has 40 heavy (non-hydrogen) atoms. The van der Waals surface area contributed by atoms with Crippen molar-refractivity contribution in [1.82, 2.24) is 4.57 Å². The van der Waals surface area contributed by atoms with E-state index < -0.39 is 12.0 Å². The van der Waals surface area contributed by atoms with Crippen LogP contribution in [0, 0.1) is 0 Å². The highest BCUT2D eigenvalue weighted by Gasteiger charge is 2.34. The smallest absolute Gasteiger partial charge is 0.338 e. The van der Waals surface area contributed by atoms with Crippen LogP contribution in [-0.4, -0.2) is 24.3 Å². The fraction of sp³-hybridized carbons (Fsp3) is 0.233. The van der Waals surface area contributed by atoms with Gasteiger partial charge in [-0.15, -0.1) is 0 Å². The SMILES string of the molecule is CCCC1=C(C(=O)OCC)C(c2ccc(OC)c(Br)c2)n2c(s/c(=C\c3ccc(-c4cccc(Cl)c4)o3)c2=O)=N1. The van der Waals surface area contributed by atoms with E-state index in [4.69, 9.17) is 30.5 Å². The van der Waals surface area contributed by atoms with Gasteiger partial charge in [0.2, 0.25) is 0 Å². The van der Waals surface area contributed by atoms with Gasteiger partial charge in [0.15, 0.2) is 4.80 Å². The number of esters is 1. The fourth-order valence-electron chi connectivity index (χ4n) is 4.65. The first kappa shape index (κ1) is 28.1. The van der Waals surface area contributed by atoms with E-state index in [2.05, 4.69) is 15.9 Å². The number of carbonyl (C=O) groups excluding carboxylic acids is 1. The summed E-state index contributed by atoms with van der Waals surface area (Å²) in [6, 6.07) is 15.8. The van der Waals surface area contributed by atoms with E-state index in [9.17, 15) is 9.59 Å². The first-order valence-electron chi connectivity index (χ1n) is 12.8. The molecule has 0 amide bonds.